The Labute approximate surface area is 138 Å². The number of benzene rings is 1. The van der Waals surface area contributed by atoms with Crippen LogP contribution in [0.4, 0.5) is 13.2 Å². The summed E-state index contributed by atoms with van der Waals surface area (Å²) in [6.45, 7) is -0.317. The van der Waals surface area contributed by atoms with Crippen LogP contribution < -0.4 is 5.56 Å². The molecule has 0 N–H and O–H groups in total. The van der Waals surface area contributed by atoms with Crippen molar-refractivity contribution in [1.29, 1.82) is 0 Å². The summed E-state index contributed by atoms with van der Waals surface area (Å²) >= 11 is 5.59. The van der Waals surface area contributed by atoms with Gasteiger partial charge in [-0.2, -0.15) is 18.2 Å². The average molecular weight is 356 g/mol. The zero-order valence-electron chi connectivity index (χ0n) is 11.9. The SMILES string of the molecule is O=c1c(Cl)cc(C(F)(F)F)cn1Cc1nc(-c2ccccc2)no1. The van der Waals surface area contributed by atoms with E-state index in [2.05, 4.69) is 10.1 Å². The molecule has 0 bridgehead atoms. The molecule has 0 atom stereocenters. The summed E-state index contributed by atoms with van der Waals surface area (Å²) in [5, 5.41) is 3.21. The molecule has 0 aliphatic rings. The second-order valence-electron chi connectivity index (χ2n) is 4.89. The van der Waals surface area contributed by atoms with Crippen molar-refractivity contribution in [2.75, 3.05) is 0 Å². The first-order chi connectivity index (χ1) is 11.3. The predicted octanol–water partition coefficient (Wildman–Crippen LogP) is 3.62. The molecule has 2 heterocycles. The van der Waals surface area contributed by atoms with Gasteiger partial charge in [0.2, 0.25) is 11.7 Å². The maximum atomic E-state index is 12.8. The molecule has 2 aromatic heterocycles. The average Bonchev–Trinajstić information content (AvgIpc) is 3.00. The number of hydrogen-bond acceptors (Lipinski definition) is 4. The van der Waals surface area contributed by atoms with Crippen molar-refractivity contribution in [1.82, 2.24) is 14.7 Å². The van der Waals surface area contributed by atoms with E-state index in [1.807, 2.05) is 6.07 Å². The zero-order chi connectivity index (χ0) is 17.3. The second kappa shape index (κ2) is 6.12. The van der Waals surface area contributed by atoms with Crippen LogP contribution in [0, 0.1) is 0 Å². The number of halogens is 4. The largest absolute Gasteiger partial charge is 0.417 e. The maximum Gasteiger partial charge on any atom is 0.417 e. The number of pyridine rings is 1. The van der Waals surface area contributed by atoms with Gasteiger partial charge in [-0.05, 0) is 6.07 Å². The summed E-state index contributed by atoms with van der Waals surface area (Å²) in [6, 6.07) is 9.47. The third kappa shape index (κ3) is 3.33. The highest BCUT2D eigenvalue weighted by molar-refractivity contribution is 6.30. The van der Waals surface area contributed by atoms with Crippen LogP contribution >= 0.6 is 11.6 Å². The molecule has 0 unspecified atom stereocenters. The van der Waals surface area contributed by atoms with Crippen molar-refractivity contribution in [3.8, 4) is 11.4 Å². The molecule has 3 rings (SSSR count). The molecular weight excluding hydrogens is 347 g/mol. The minimum absolute atomic E-state index is 0.00801. The van der Waals surface area contributed by atoms with Gasteiger partial charge in [0.05, 0.1) is 5.56 Å². The fourth-order valence-electron chi connectivity index (χ4n) is 2.04. The molecule has 0 aliphatic heterocycles. The number of rotatable bonds is 3. The summed E-state index contributed by atoms with van der Waals surface area (Å²) in [5.74, 6) is 0.267. The maximum absolute atomic E-state index is 12.8. The Bertz CT molecular complexity index is 920. The van der Waals surface area contributed by atoms with E-state index >= 15 is 0 Å². The number of hydrogen-bond donors (Lipinski definition) is 0. The lowest BCUT2D eigenvalue weighted by Crippen LogP contribution is -2.23. The van der Waals surface area contributed by atoms with Gasteiger partial charge < -0.3 is 9.09 Å². The summed E-state index contributed by atoms with van der Waals surface area (Å²) in [6.07, 6.45) is -3.95. The first-order valence-electron chi connectivity index (χ1n) is 6.70. The molecule has 0 radical (unpaired) electrons. The van der Waals surface area contributed by atoms with Crippen molar-refractivity contribution >= 4 is 11.6 Å². The van der Waals surface area contributed by atoms with Crippen LogP contribution in [-0.4, -0.2) is 14.7 Å². The van der Waals surface area contributed by atoms with Crippen LogP contribution in [0.2, 0.25) is 5.02 Å². The van der Waals surface area contributed by atoms with Gasteiger partial charge in [0.15, 0.2) is 0 Å². The van der Waals surface area contributed by atoms with Gasteiger partial charge in [-0.15, -0.1) is 0 Å². The fourth-order valence-corrected chi connectivity index (χ4v) is 2.27. The van der Waals surface area contributed by atoms with Gasteiger partial charge in [-0.1, -0.05) is 47.1 Å². The van der Waals surface area contributed by atoms with Crippen molar-refractivity contribution in [2.45, 2.75) is 12.7 Å². The van der Waals surface area contributed by atoms with Crippen molar-refractivity contribution in [3.63, 3.8) is 0 Å². The van der Waals surface area contributed by atoms with Crippen LogP contribution in [0.25, 0.3) is 11.4 Å². The highest BCUT2D eigenvalue weighted by atomic mass is 35.5. The molecule has 3 aromatic rings. The smallest absolute Gasteiger partial charge is 0.337 e. The van der Waals surface area contributed by atoms with E-state index in [9.17, 15) is 18.0 Å². The van der Waals surface area contributed by atoms with E-state index in [1.54, 1.807) is 24.3 Å². The minimum atomic E-state index is -4.62. The summed E-state index contributed by atoms with van der Waals surface area (Å²) < 4.78 is 44.2. The van der Waals surface area contributed by atoms with Gasteiger partial charge in [0, 0.05) is 11.8 Å². The highest BCUT2D eigenvalue weighted by Crippen LogP contribution is 2.29. The minimum Gasteiger partial charge on any atom is -0.337 e. The fraction of sp³-hybridized carbons (Fsp3) is 0.133. The Morgan fingerprint density at radius 3 is 2.58 bits per heavy atom. The normalized spacial score (nSPS) is 11.7. The van der Waals surface area contributed by atoms with E-state index in [-0.39, 0.29) is 18.3 Å². The van der Waals surface area contributed by atoms with Crippen molar-refractivity contribution in [3.05, 3.63) is 69.4 Å². The first-order valence-corrected chi connectivity index (χ1v) is 7.07. The molecular formula is C15H9ClF3N3O2. The Morgan fingerprint density at radius 1 is 1.21 bits per heavy atom. The lowest BCUT2D eigenvalue weighted by molar-refractivity contribution is -0.138. The highest BCUT2D eigenvalue weighted by Gasteiger charge is 2.32. The molecule has 24 heavy (non-hydrogen) atoms. The monoisotopic (exact) mass is 355 g/mol. The summed E-state index contributed by atoms with van der Waals surface area (Å²) in [7, 11) is 0. The van der Waals surface area contributed by atoms with Crippen molar-refractivity contribution in [2.24, 2.45) is 0 Å². The third-order valence-electron chi connectivity index (χ3n) is 3.18. The summed E-state index contributed by atoms with van der Waals surface area (Å²) in [5.41, 5.74) is -1.12. The van der Waals surface area contributed by atoms with E-state index in [1.165, 1.54) is 0 Å². The molecule has 1 aromatic carbocycles. The quantitative estimate of drug-likeness (QED) is 0.720. The van der Waals surface area contributed by atoms with Gasteiger partial charge in [-0.25, -0.2) is 0 Å². The molecule has 5 nitrogen and oxygen atoms in total. The van der Waals surface area contributed by atoms with Gasteiger partial charge in [0.25, 0.3) is 5.56 Å². The van der Waals surface area contributed by atoms with Crippen molar-refractivity contribution < 1.29 is 17.7 Å². The summed E-state index contributed by atoms with van der Waals surface area (Å²) in [4.78, 5) is 16.0. The zero-order valence-corrected chi connectivity index (χ0v) is 12.7. The molecule has 0 saturated heterocycles. The van der Waals surface area contributed by atoms with Crippen LogP contribution in [0.15, 0.2) is 51.9 Å². The first kappa shape index (κ1) is 16.3. The lowest BCUT2D eigenvalue weighted by Gasteiger charge is -2.10. The Morgan fingerprint density at radius 2 is 1.92 bits per heavy atom. The Balaban J connectivity index is 1.93. The van der Waals surface area contributed by atoms with Gasteiger partial charge >= 0.3 is 6.18 Å². The molecule has 124 valence electrons. The van der Waals surface area contributed by atoms with Crippen LogP contribution in [0.5, 0.6) is 0 Å². The van der Waals surface area contributed by atoms with Crippen LogP contribution in [-0.2, 0) is 12.7 Å². The topological polar surface area (TPSA) is 60.9 Å². The molecule has 0 saturated carbocycles. The van der Waals surface area contributed by atoms with E-state index in [0.29, 0.717) is 17.8 Å². The van der Waals surface area contributed by atoms with E-state index in [0.717, 1.165) is 4.57 Å². The Kier molecular flexibility index (Phi) is 4.15. The standard InChI is InChI=1S/C15H9ClF3N3O2/c16-11-6-10(15(17,18)19)7-22(14(11)23)8-12-20-13(21-24-12)9-4-2-1-3-5-9/h1-7H,8H2. The molecule has 9 heteroatoms. The van der Waals surface area contributed by atoms with Crippen LogP contribution in [0.1, 0.15) is 11.5 Å². The number of alkyl halides is 3. The number of aromatic nitrogens is 3. The van der Waals surface area contributed by atoms with Gasteiger partial charge in [-0.3, -0.25) is 4.79 Å². The third-order valence-corrected chi connectivity index (χ3v) is 3.45. The second-order valence-corrected chi connectivity index (χ2v) is 5.29. The molecule has 0 aliphatic carbocycles. The van der Waals surface area contributed by atoms with E-state index in [4.69, 9.17) is 16.1 Å². The predicted molar refractivity (Wildman–Crippen MR) is 79.6 cm³/mol. The van der Waals surface area contributed by atoms with Gasteiger partial charge in [0.1, 0.15) is 11.6 Å². The Hall–Kier alpha value is -2.61. The van der Waals surface area contributed by atoms with Crippen LogP contribution in [0.3, 0.4) is 0 Å². The molecule has 0 spiro atoms. The molecule has 0 fully saturated rings. The number of nitrogens with zero attached hydrogens (tertiary/aromatic N) is 3. The van der Waals surface area contributed by atoms with E-state index < -0.39 is 22.3 Å². The molecule has 0 amide bonds. The lowest BCUT2D eigenvalue weighted by atomic mass is 10.2.